The number of rotatable bonds is 6. The molecule has 1 N–H and O–H groups in total. The summed E-state index contributed by atoms with van der Waals surface area (Å²) in [5.74, 6) is -0.384. The first-order chi connectivity index (χ1) is 15.3. The molecule has 0 bridgehead atoms. The van der Waals surface area contributed by atoms with Gasteiger partial charge in [-0.05, 0) is 49.6 Å². The fourth-order valence-electron chi connectivity index (χ4n) is 3.65. The van der Waals surface area contributed by atoms with E-state index in [9.17, 15) is 13.2 Å². The van der Waals surface area contributed by atoms with Gasteiger partial charge in [-0.25, -0.2) is 8.42 Å². The van der Waals surface area contributed by atoms with Crippen molar-refractivity contribution >= 4 is 56.5 Å². The van der Waals surface area contributed by atoms with Crippen LogP contribution in [0.15, 0.2) is 39.6 Å². The van der Waals surface area contributed by atoms with Crippen LogP contribution in [0.25, 0.3) is 11.5 Å². The monoisotopic (exact) mass is 514 g/mol. The molecule has 0 saturated carbocycles. The lowest BCUT2D eigenvalue weighted by Gasteiger charge is -2.34. The molecular formula is C20H20Cl2N4O4S2. The quantitative estimate of drug-likeness (QED) is 0.477. The van der Waals surface area contributed by atoms with Crippen LogP contribution in [0.1, 0.15) is 43.0 Å². The van der Waals surface area contributed by atoms with Crippen LogP contribution in [-0.2, 0) is 10.0 Å². The highest BCUT2D eigenvalue weighted by atomic mass is 35.5. The fraction of sp³-hybridized carbons (Fsp3) is 0.350. The molecule has 1 saturated heterocycles. The third kappa shape index (κ3) is 4.69. The highest BCUT2D eigenvalue weighted by Crippen LogP contribution is 2.37. The van der Waals surface area contributed by atoms with E-state index in [0.717, 1.165) is 37.0 Å². The molecule has 8 nitrogen and oxygen atoms in total. The number of aromatic nitrogens is 2. The lowest BCUT2D eigenvalue weighted by atomic mass is 10.0. The van der Waals surface area contributed by atoms with E-state index >= 15 is 0 Å². The second-order valence-corrected chi connectivity index (χ2v) is 11.5. The molecule has 2 aromatic heterocycles. The van der Waals surface area contributed by atoms with Gasteiger partial charge in [0.05, 0.1) is 14.8 Å². The average Bonchev–Trinajstić information content (AvgIpc) is 3.38. The topological polar surface area (TPSA) is 105 Å². The molecule has 3 aromatic rings. The van der Waals surface area contributed by atoms with E-state index in [2.05, 4.69) is 15.5 Å². The van der Waals surface area contributed by atoms with Crippen LogP contribution in [-0.4, -0.2) is 41.4 Å². The first-order valence-electron chi connectivity index (χ1n) is 10.0. The third-order valence-corrected chi connectivity index (χ3v) is 8.75. The molecule has 170 valence electrons. The zero-order valence-electron chi connectivity index (χ0n) is 17.0. The first kappa shape index (κ1) is 23.2. The Bertz CT molecular complexity index is 1220. The van der Waals surface area contributed by atoms with Crippen molar-refractivity contribution < 1.29 is 17.6 Å². The van der Waals surface area contributed by atoms with E-state index in [1.165, 1.54) is 24.3 Å². The molecule has 1 unspecified atom stereocenters. The summed E-state index contributed by atoms with van der Waals surface area (Å²) in [6, 6.07) is 7.29. The maximum absolute atomic E-state index is 13.1. The van der Waals surface area contributed by atoms with E-state index in [1.54, 1.807) is 10.4 Å². The van der Waals surface area contributed by atoms with Gasteiger partial charge in [0.15, 0.2) is 0 Å². The van der Waals surface area contributed by atoms with Gasteiger partial charge in [-0.2, -0.15) is 4.31 Å². The van der Waals surface area contributed by atoms with Crippen molar-refractivity contribution in [1.82, 2.24) is 14.5 Å². The number of carbonyl (C=O) groups is 1. The number of halogens is 2. The van der Waals surface area contributed by atoms with E-state index < -0.39 is 15.9 Å². The summed E-state index contributed by atoms with van der Waals surface area (Å²) in [7, 11) is -3.62. The predicted octanol–water partition coefficient (Wildman–Crippen LogP) is 5.31. The number of piperidine rings is 1. The number of nitrogens with one attached hydrogen (secondary N) is 1. The van der Waals surface area contributed by atoms with Crippen LogP contribution in [0.4, 0.5) is 6.01 Å². The molecular weight excluding hydrogens is 495 g/mol. The van der Waals surface area contributed by atoms with Gasteiger partial charge in [0.25, 0.3) is 11.8 Å². The van der Waals surface area contributed by atoms with Gasteiger partial charge in [-0.1, -0.05) is 41.6 Å². The van der Waals surface area contributed by atoms with Crippen molar-refractivity contribution in [3.05, 3.63) is 44.6 Å². The van der Waals surface area contributed by atoms with E-state index in [-0.39, 0.29) is 28.4 Å². The number of anilines is 1. The van der Waals surface area contributed by atoms with Crippen LogP contribution >= 0.6 is 34.5 Å². The minimum atomic E-state index is -3.62. The summed E-state index contributed by atoms with van der Waals surface area (Å²) >= 11 is 13.2. The number of hydrogen-bond donors (Lipinski definition) is 1. The lowest BCUT2D eigenvalue weighted by Crippen LogP contribution is -2.43. The molecule has 1 aliphatic rings. The van der Waals surface area contributed by atoms with Crippen LogP contribution in [0, 0.1) is 0 Å². The number of thiophene rings is 1. The van der Waals surface area contributed by atoms with Crippen molar-refractivity contribution in [3.8, 4) is 11.5 Å². The Morgan fingerprint density at radius 1 is 1.25 bits per heavy atom. The summed E-state index contributed by atoms with van der Waals surface area (Å²) in [6.45, 7) is 2.51. The van der Waals surface area contributed by atoms with Crippen molar-refractivity contribution in [2.75, 3.05) is 11.9 Å². The summed E-state index contributed by atoms with van der Waals surface area (Å²) in [5.41, 5.74) is 0.735. The zero-order chi connectivity index (χ0) is 22.9. The Kier molecular flexibility index (Phi) is 6.87. The predicted molar refractivity (Wildman–Crippen MR) is 124 cm³/mol. The molecule has 1 atom stereocenters. The number of hydrogen-bond acceptors (Lipinski definition) is 7. The van der Waals surface area contributed by atoms with E-state index in [0.29, 0.717) is 20.8 Å². The third-order valence-electron chi connectivity index (χ3n) is 5.30. The molecule has 3 heterocycles. The second-order valence-electron chi connectivity index (χ2n) is 7.30. The Morgan fingerprint density at radius 2 is 2.00 bits per heavy atom. The van der Waals surface area contributed by atoms with Crippen LogP contribution < -0.4 is 5.32 Å². The van der Waals surface area contributed by atoms with Gasteiger partial charge in [-0.15, -0.1) is 16.4 Å². The van der Waals surface area contributed by atoms with E-state index in [4.69, 9.17) is 27.6 Å². The van der Waals surface area contributed by atoms with Gasteiger partial charge >= 0.3 is 6.01 Å². The van der Waals surface area contributed by atoms with Crippen molar-refractivity contribution in [3.63, 3.8) is 0 Å². The molecule has 1 aliphatic heterocycles. The maximum Gasteiger partial charge on any atom is 0.322 e. The van der Waals surface area contributed by atoms with Crippen molar-refractivity contribution in [2.45, 2.75) is 43.5 Å². The standard InChI is InChI=1S/C20H20Cl2N4O4S2/c1-2-13-5-3-4-10-26(13)32(28,29)14-8-6-12(7-9-14)18(27)23-20-25-24-19(30-20)15-11-16(21)31-17(15)22/h6-9,11,13H,2-5,10H2,1H3,(H,23,25,27). The molecule has 1 fully saturated rings. The minimum Gasteiger partial charge on any atom is -0.403 e. The molecule has 0 radical (unpaired) electrons. The van der Waals surface area contributed by atoms with Gasteiger partial charge in [0.2, 0.25) is 10.0 Å². The summed E-state index contributed by atoms with van der Waals surface area (Å²) in [4.78, 5) is 12.7. The Balaban J connectivity index is 1.47. The van der Waals surface area contributed by atoms with Crippen LogP contribution in [0.3, 0.4) is 0 Å². The molecule has 4 rings (SSSR count). The average molecular weight is 515 g/mol. The summed E-state index contributed by atoms with van der Waals surface area (Å²) in [6.07, 6.45) is 3.53. The van der Waals surface area contributed by atoms with Crippen LogP contribution in [0.2, 0.25) is 8.67 Å². The Hall–Kier alpha value is -1.98. The molecule has 32 heavy (non-hydrogen) atoms. The normalized spacial score (nSPS) is 17.4. The number of benzene rings is 1. The Labute approximate surface area is 199 Å². The zero-order valence-corrected chi connectivity index (χ0v) is 20.2. The SMILES string of the molecule is CCC1CCCCN1S(=O)(=O)c1ccc(C(=O)Nc2nnc(-c3cc(Cl)sc3Cl)o2)cc1. The highest BCUT2D eigenvalue weighted by molar-refractivity contribution is 7.89. The number of nitrogens with zero attached hydrogens (tertiary/aromatic N) is 3. The van der Waals surface area contributed by atoms with Gasteiger partial charge in [0, 0.05) is 18.2 Å². The molecule has 12 heteroatoms. The second kappa shape index (κ2) is 9.48. The largest absolute Gasteiger partial charge is 0.403 e. The minimum absolute atomic E-state index is 0.00931. The summed E-state index contributed by atoms with van der Waals surface area (Å²) < 4.78 is 34.0. The molecule has 1 aromatic carbocycles. The fourth-order valence-corrected chi connectivity index (χ4v) is 6.87. The van der Waals surface area contributed by atoms with Gasteiger partial charge in [0.1, 0.15) is 4.34 Å². The Morgan fingerprint density at radius 3 is 2.66 bits per heavy atom. The smallest absolute Gasteiger partial charge is 0.322 e. The summed E-state index contributed by atoms with van der Waals surface area (Å²) in [5, 5.41) is 10.2. The number of amides is 1. The maximum atomic E-state index is 13.1. The van der Waals surface area contributed by atoms with Gasteiger partial charge in [-0.3, -0.25) is 10.1 Å². The highest BCUT2D eigenvalue weighted by Gasteiger charge is 2.32. The van der Waals surface area contributed by atoms with Crippen LogP contribution in [0.5, 0.6) is 0 Å². The molecule has 1 amide bonds. The first-order valence-corrected chi connectivity index (χ1v) is 13.0. The van der Waals surface area contributed by atoms with Crippen molar-refractivity contribution in [1.29, 1.82) is 0 Å². The van der Waals surface area contributed by atoms with Gasteiger partial charge < -0.3 is 4.42 Å². The number of carbonyl (C=O) groups excluding carboxylic acids is 1. The van der Waals surface area contributed by atoms with Crippen molar-refractivity contribution in [2.24, 2.45) is 0 Å². The number of sulfonamides is 1. The molecule has 0 aliphatic carbocycles. The van der Waals surface area contributed by atoms with E-state index in [1.807, 2.05) is 6.92 Å². The molecule has 0 spiro atoms. The lowest BCUT2D eigenvalue weighted by molar-refractivity contribution is 0.102.